The second-order valence-electron chi connectivity index (χ2n) is 5.89. The molecule has 0 amide bonds. The maximum atomic E-state index is 11.9. The number of ether oxygens (including phenoxy) is 1. The predicted octanol–water partition coefficient (Wildman–Crippen LogP) is 1.73. The zero-order valence-corrected chi connectivity index (χ0v) is 12.3. The van der Waals surface area contributed by atoms with Gasteiger partial charge in [0.05, 0.1) is 12.3 Å². The number of aliphatic carboxylic acids is 1. The van der Waals surface area contributed by atoms with Crippen LogP contribution in [-0.4, -0.2) is 43.4 Å². The highest BCUT2D eigenvalue weighted by Gasteiger charge is 2.51. The van der Waals surface area contributed by atoms with E-state index in [2.05, 4.69) is 10.2 Å². The summed E-state index contributed by atoms with van der Waals surface area (Å²) in [6, 6.07) is 7.88. The lowest BCUT2D eigenvalue weighted by atomic mass is 9.92. The summed E-state index contributed by atoms with van der Waals surface area (Å²) >= 11 is 0. The molecule has 0 bridgehead atoms. The number of carbonyl (C=O) groups is 1. The lowest BCUT2D eigenvalue weighted by molar-refractivity contribution is -0.145. The van der Waals surface area contributed by atoms with E-state index < -0.39 is 11.5 Å². The molecule has 1 unspecified atom stereocenters. The van der Waals surface area contributed by atoms with Gasteiger partial charge in [0.25, 0.3) is 0 Å². The van der Waals surface area contributed by atoms with Gasteiger partial charge in [-0.15, -0.1) is 0 Å². The summed E-state index contributed by atoms with van der Waals surface area (Å²) in [4.78, 5) is 14.0. The number of para-hydroxylation sites is 2. The minimum atomic E-state index is -0.864. The predicted molar refractivity (Wildman–Crippen MR) is 80.9 cm³/mol. The number of carboxylic acid groups (broad SMARTS) is 1. The number of nitrogens with one attached hydrogen (secondary N) is 1. The number of likely N-dealkylation sites (N-methyl/N-ethyl adjacent to an activating group) is 1. The van der Waals surface area contributed by atoms with Crippen LogP contribution < -0.4 is 15.0 Å². The van der Waals surface area contributed by atoms with Crippen molar-refractivity contribution in [1.82, 2.24) is 5.32 Å². The minimum Gasteiger partial charge on any atom is -0.491 e. The van der Waals surface area contributed by atoms with Gasteiger partial charge in [0.1, 0.15) is 11.3 Å². The lowest BCUT2D eigenvalue weighted by Gasteiger charge is -2.36. The minimum absolute atomic E-state index is 0.219. The van der Waals surface area contributed by atoms with Crippen LogP contribution in [0.2, 0.25) is 0 Å². The Morgan fingerprint density at radius 3 is 2.90 bits per heavy atom. The van der Waals surface area contributed by atoms with E-state index in [1.807, 2.05) is 24.3 Å². The molecule has 1 aliphatic heterocycles. The first-order valence-electron chi connectivity index (χ1n) is 7.56. The molecule has 1 fully saturated rings. The fourth-order valence-electron chi connectivity index (χ4n) is 3.20. The Labute approximate surface area is 124 Å². The summed E-state index contributed by atoms with van der Waals surface area (Å²) in [5.74, 6) is 0.313. The first-order valence-corrected chi connectivity index (χ1v) is 7.56. The molecule has 21 heavy (non-hydrogen) atoms. The molecule has 0 saturated heterocycles. The molecule has 0 spiro atoms. The van der Waals surface area contributed by atoms with Crippen molar-refractivity contribution in [2.24, 2.45) is 5.92 Å². The summed E-state index contributed by atoms with van der Waals surface area (Å²) in [6.07, 6.45) is 2.87. The maximum absolute atomic E-state index is 11.9. The topological polar surface area (TPSA) is 61.8 Å². The molecule has 1 aliphatic carbocycles. The highest BCUT2D eigenvalue weighted by Crippen LogP contribution is 2.42. The smallest absolute Gasteiger partial charge is 0.326 e. The summed E-state index contributed by atoms with van der Waals surface area (Å²) in [6.45, 7) is 1.97. The number of rotatable bonds is 5. The largest absolute Gasteiger partial charge is 0.491 e. The van der Waals surface area contributed by atoms with Crippen LogP contribution in [0, 0.1) is 5.92 Å². The Morgan fingerprint density at radius 2 is 2.24 bits per heavy atom. The van der Waals surface area contributed by atoms with Crippen LogP contribution in [0.25, 0.3) is 0 Å². The summed E-state index contributed by atoms with van der Waals surface area (Å²) in [7, 11) is 1.76. The van der Waals surface area contributed by atoms with Crippen LogP contribution in [0.4, 0.5) is 5.69 Å². The molecule has 5 nitrogen and oxygen atoms in total. The lowest BCUT2D eigenvalue weighted by Crippen LogP contribution is -2.59. The SMILES string of the molecule is CNC(CN1CCCOc2ccccc21)(C(=O)O)C1CC1. The molecule has 2 aliphatic rings. The summed E-state index contributed by atoms with van der Waals surface area (Å²) < 4.78 is 5.75. The fraction of sp³-hybridized carbons (Fsp3) is 0.562. The van der Waals surface area contributed by atoms with Gasteiger partial charge in [0.2, 0.25) is 0 Å². The summed E-state index contributed by atoms with van der Waals surface area (Å²) in [5, 5.41) is 12.9. The van der Waals surface area contributed by atoms with Gasteiger partial charge in [0, 0.05) is 13.1 Å². The van der Waals surface area contributed by atoms with Gasteiger partial charge in [0.15, 0.2) is 0 Å². The third kappa shape index (κ3) is 2.58. The zero-order valence-electron chi connectivity index (χ0n) is 12.3. The molecular formula is C16H22N2O3. The second-order valence-corrected chi connectivity index (χ2v) is 5.89. The van der Waals surface area contributed by atoms with Crippen molar-refractivity contribution in [3.05, 3.63) is 24.3 Å². The fourth-order valence-corrected chi connectivity index (χ4v) is 3.20. The van der Waals surface area contributed by atoms with Crippen molar-refractivity contribution < 1.29 is 14.6 Å². The van der Waals surface area contributed by atoms with Crippen molar-refractivity contribution in [3.8, 4) is 5.75 Å². The Kier molecular flexibility index (Phi) is 3.76. The van der Waals surface area contributed by atoms with Crippen LogP contribution >= 0.6 is 0 Å². The van der Waals surface area contributed by atoms with E-state index in [1.54, 1.807) is 7.05 Å². The number of hydrogen-bond acceptors (Lipinski definition) is 4. The van der Waals surface area contributed by atoms with Gasteiger partial charge in [-0.3, -0.25) is 4.79 Å². The van der Waals surface area contributed by atoms with E-state index in [0.29, 0.717) is 13.2 Å². The van der Waals surface area contributed by atoms with Gasteiger partial charge in [-0.1, -0.05) is 12.1 Å². The normalized spacial score (nSPS) is 20.9. The van der Waals surface area contributed by atoms with Gasteiger partial charge in [-0.2, -0.15) is 0 Å². The van der Waals surface area contributed by atoms with Crippen LogP contribution in [-0.2, 0) is 4.79 Å². The van der Waals surface area contributed by atoms with Gasteiger partial charge >= 0.3 is 5.97 Å². The number of nitrogens with zero attached hydrogens (tertiary/aromatic N) is 1. The highest BCUT2D eigenvalue weighted by molar-refractivity contribution is 5.81. The van der Waals surface area contributed by atoms with E-state index in [4.69, 9.17) is 4.74 Å². The molecule has 114 valence electrons. The Bertz CT molecular complexity index is 530. The van der Waals surface area contributed by atoms with Gasteiger partial charge in [-0.05, 0) is 44.4 Å². The monoisotopic (exact) mass is 290 g/mol. The molecule has 0 radical (unpaired) electrons. The third-order valence-corrected chi connectivity index (χ3v) is 4.58. The molecular weight excluding hydrogens is 268 g/mol. The first-order chi connectivity index (χ1) is 10.2. The molecule has 1 heterocycles. The van der Waals surface area contributed by atoms with Gasteiger partial charge in [-0.25, -0.2) is 0 Å². The van der Waals surface area contributed by atoms with Crippen molar-refractivity contribution in [1.29, 1.82) is 0 Å². The van der Waals surface area contributed by atoms with Crippen LogP contribution in [0.5, 0.6) is 5.75 Å². The number of anilines is 1. The van der Waals surface area contributed by atoms with Crippen molar-refractivity contribution in [2.75, 3.05) is 31.6 Å². The maximum Gasteiger partial charge on any atom is 0.326 e. The number of hydrogen-bond donors (Lipinski definition) is 2. The third-order valence-electron chi connectivity index (χ3n) is 4.58. The van der Waals surface area contributed by atoms with E-state index in [1.165, 1.54) is 0 Å². The average molecular weight is 290 g/mol. The van der Waals surface area contributed by atoms with Crippen LogP contribution in [0.3, 0.4) is 0 Å². The van der Waals surface area contributed by atoms with E-state index in [9.17, 15) is 9.90 Å². The van der Waals surface area contributed by atoms with Crippen LogP contribution in [0.15, 0.2) is 24.3 Å². The Morgan fingerprint density at radius 1 is 1.48 bits per heavy atom. The number of carboxylic acids is 1. The molecule has 3 rings (SSSR count). The second kappa shape index (κ2) is 5.56. The molecule has 1 atom stereocenters. The standard InChI is InChI=1S/C16H22N2O3/c1-17-16(15(19)20,12-7-8-12)11-18-9-4-10-21-14-6-3-2-5-13(14)18/h2-3,5-6,12,17H,4,7-11H2,1H3,(H,19,20). The zero-order chi connectivity index (χ0) is 14.9. The molecule has 1 saturated carbocycles. The van der Waals surface area contributed by atoms with Crippen molar-refractivity contribution >= 4 is 11.7 Å². The van der Waals surface area contributed by atoms with E-state index in [-0.39, 0.29) is 5.92 Å². The molecule has 0 aromatic heterocycles. The highest BCUT2D eigenvalue weighted by atomic mass is 16.5. The summed E-state index contributed by atoms with van der Waals surface area (Å²) in [5.41, 5.74) is 0.133. The van der Waals surface area contributed by atoms with Crippen molar-refractivity contribution in [3.63, 3.8) is 0 Å². The Hall–Kier alpha value is -1.75. The molecule has 2 N–H and O–H groups in total. The quantitative estimate of drug-likeness (QED) is 0.865. The van der Waals surface area contributed by atoms with E-state index >= 15 is 0 Å². The number of fused-ring (bicyclic) bond motifs is 1. The van der Waals surface area contributed by atoms with Gasteiger partial charge < -0.3 is 20.1 Å². The molecule has 1 aromatic rings. The van der Waals surface area contributed by atoms with Crippen molar-refractivity contribution in [2.45, 2.75) is 24.8 Å². The molecule has 1 aromatic carbocycles. The number of benzene rings is 1. The first kappa shape index (κ1) is 14.2. The van der Waals surface area contributed by atoms with E-state index in [0.717, 1.165) is 37.2 Å². The molecule has 5 heteroatoms. The van der Waals surface area contributed by atoms with Crippen LogP contribution in [0.1, 0.15) is 19.3 Å². The Balaban J connectivity index is 1.90. The average Bonchev–Trinajstić information content (AvgIpc) is 3.32.